The van der Waals surface area contributed by atoms with E-state index >= 15 is 0 Å². The van der Waals surface area contributed by atoms with Gasteiger partial charge in [0.15, 0.2) is 0 Å². The maximum Gasteiger partial charge on any atom is 0.259 e. The normalized spacial score (nSPS) is 14.8. The van der Waals surface area contributed by atoms with Crippen LogP contribution in [0.5, 0.6) is 0 Å². The van der Waals surface area contributed by atoms with E-state index in [2.05, 4.69) is 21.4 Å². The maximum atomic E-state index is 13.0. The van der Waals surface area contributed by atoms with Crippen LogP contribution in [-0.4, -0.2) is 33.8 Å². The topological polar surface area (TPSA) is 92.8 Å². The van der Waals surface area contributed by atoms with E-state index in [0.29, 0.717) is 22.7 Å². The molecular formula is C21H21N5O2. The molecule has 3 heterocycles. The van der Waals surface area contributed by atoms with Crippen LogP contribution in [0.25, 0.3) is 22.2 Å². The van der Waals surface area contributed by atoms with Gasteiger partial charge in [-0.3, -0.25) is 9.36 Å². The predicted octanol–water partition coefficient (Wildman–Crippen LogP) is 2.77. The number of nitrogens with zero attached hydrogens (tertiary/aromatic N) is 4. The molecule has 28 heavy (non-hydrogen) atoms. The second kappa shape index (κ2) is 7.41. The van der Waals surface area contributed by atoms with Gasteiger partial charge in [0, 0.05) is 43.4 Å². The number of nitrogens with one attached hydrogen (secondary N) is 1. The van der Waals surface area contributed by atoms with E-state index < -0.39 is 0 Å². The van der Waals surface area contributed by atoms with Gasteiger partial charge < -0.3 is 10.1 Å². The number of hydrogen-bond acceptors (Lipinski definition) is 6. The number of hydrogen-bond donors (Lipinski definition) is 1. The van der Waals surface area contributed by atoms with Crippen molar-refractivity contribution in [3.05, 3.63) is 51.9 Å². The molecule has 0 amide bonds. The van der Waals surface area contributed by atoms with Crippen molar-refractivity contribution in [2.45, 2.75) is 25.8 Å². The van der Waals surface area contributed by atoms with Gasteiger partial charge in [-0.1, -0.05) is 6.07 Å². The van der Waals surface area contributed by atoms with Crippen molar-refractivity contribution < 1.29 is 4.74 Å². The first-order valence-corrected chi connectivity index (χ1v) is 9.29. The van der Waals surface area contributed by atoms with Crippen LogP contribution in [-0.2, 0) is 11.8 Å². The zero-order valence-corrected chi connectivity index (χ0v) is 15.9. The molecule has 0 spiro atoms. The molecule has 7 nitrogen and oxygen atoms in total. The van der Waals surface area contributed by atoms with Crippen LogP contribution in [0.4, 0.5) is 5.95 Å². The Morgan fingerprint density at radius 3 is 2.79 bits per heavy atom. The highest BCUT2D eigenvalue weighted by Gasteiger charge is 2.17. The zero-order chi connectivity index (χ0) is 19.7. The van der Waals surface area contributed by atoms with E-state index in [1.165, 1.54) is 0 Å². The molecule has 7 heteroatoms. The lowest BCUT2D eigenvalue weighted by Gasteiger charge is -2.23. The number of benzene rings is 1. The summed E-state index contributed by atoms with van der Waals surface area (Å²) in [6.45, 7) is 3.39. The molecule has 0 aliphatic carbocycles. The molecule has 2 aromatic heterocycles. The van der Waals surface area contributed by atoms with Crippen molar-refractivity contribution in [1.29, 1.82) is 5.26 Å². The molecule has 1 N–H and O–H groups in total. The van der Waals surface area contributed by atoms with Crippen LogP contribution in [0, 0.1) is 18.3 Å². The van der Waals surface area contributed by atoms with Crippen LogP contribution < -0.4 is 10.9 Å². The first kappa shape index (κ1) is 18.1. The van der Waals surface area contributed by atoms with Crippen molar-refractivity contribution >= 4 is 17.0 Å². The smallest absolute Gasteiger partial charge is 0.259 e. The number of aryl methyl sites for hydroxylation is 2. The Bertz CT molecular complexity index is 1140. The highest BCUT2D eigenvalue weighted by atomic mass is 16.5. The van der Waals surface area contributed by atoms with E-state index in [0.717, 1.165) is 42.6 Å². The third-order valence-electron chi connectivity index (χ3n) is 5.16. The van der Waals surface area contributed by atoms with Gasteiger partial charge in [0.2, 0.25) is 5.95 Å². The van der Waals surface area contributed by atoms with Gasteiger partial charge in [0.25, 0.3) is 5.56 Å². The van der Waals surface area contributed by atoms with E-state index in [4.69, 9.17) is 4.74 Å². The van der Waals surface area contributed by atoms with E-state index in [9.17, 15) is 10.1 Å². The summed E-state index contributed by atoms with van der Waals surface area (Å²) < 4.78 is 6.92. The average molecular weight is 375 g/mol. The number of nitriles is 1. The van der Waals surface area contributed by atoms with Crippen LogP contribution >= 0.6 is 0 Å². The number of fused-ring (bicyclic) bond motifs is 1. The minimum absolute atomic E-state index is 0.151. The third-order valence-corrected chi connectivity index (χ3v) is 5.16. The molecule has 1 aromatic carbocycles. The monoisotopic (exact) mass is 375 g/mol. The van der Waals surface area contributed by atoms with E-state index in [1.54, 1.807) is 36.0 Å². The summed E-state index contributed by atoms with van der Waals surface area (Å²) in [7, 11) is 1.71. The molecule has 0 saturated carbocycles. The average Bonchev–Trinajstić information content (AvgIpc) is 2.72. The van der Waals surface area contributed by atoms with Crippen molar-refractivity contribution in [2.24, 2.45) is 7.05 Å². The molecule has 142 valence electrons. The molecule has 1 aliphatic heterocycles. The Morgan fingerprint density at radius 2 is 2.04 bits per heavy atom. The lowest BCUT2D eigenvalue weighted by atomic mass is 9.99. The van der Waals surface area contributed by atoms with Crippen molar-refractivity contribution in [1.82, 2.24) is 14.5 Å². The summed E-state index contributed by atoms with van der Waals surface area (Å²) in [4.78, 5) is 22.0. The Labute approximate surface area is 162 Å². The Kier molecular flexibility index (Phi) is 4.80. The van der Waals surface area contributed by atoms with E-state index in [-0.39, 0.29) is 11.6 Å². The van der Waals surface area contributed by atoms with Crippen LogP contribution in [0.15, 0.2) is 35.3 Å². The number of rotatable bonds is 3. The largest absolute Gasteiger partial charge is 0.381 e. The fourth-order valence-electron chi connectivity index (χ4n) is 3.52. The van der Waals surface area contributed by atoms with Gasteiger partial charge in [-0.2, -0.15) is 10.2 Å². The highest BCUT2D eigenvalue weighted by molar-refractivity contribution is 5.82. The van der Waals surface area contributed by atoms with Crippen LogP contribution in [0.2, 0.25) is 0 Å². The summed E-state index contributed by atoms with van der Waals surface area (Å²) >= 11 is 0. The van der Waals surface area contributed by atoms with Gasteiger partial charge in [-0.15, -0.1) is 0 Å². The maximum absolute atomic E-state index is 13.0. The molecule has 4 rings (SSSR count). The fourth-order valence-corrected chi connectivity index (χ4v) is 3.52. The quantitative estimate of drug-likeness (QED) is 0.757. The van der Waals surface area contributed by atoms with Crippen molar-refractivity contribution in [3.8, 4) is 17.2 Å². The summed E-state index contributed by atoms with van der Waals surface area (Å²) in [5.74, 6) is 0.518. The van der Waals surface area contributed by atoms with Gasteiger partial charge in [-0.25, -0.2) is 4.98 Å². The molecule has 1 aliphatic rings. The van der Waals surface area contributed by atoms with E-state index in [1.807, 2.05) is 13.0 Å². The standard InChI is InChI=1S/C21H21N5O2/c1-13-3-4-14(11-22)9-17(13)18-10-15-12-23-21(24-16-5-7-28-8-6-16)25-19(15)26(2)20(18)27/h3-4,9-10,12,16H,5-8H2,1-2H3,(H,23,24,25). The molecule has 0 radical (unpaired) electrons. The molecule has 0 bridgehead atoms. The minimum atomic E-state index is -0.151. The number of pyridine rings is 1. The number of ether oxygens (including phenoxy) is 1. The van der Waals surface area contributed by atoms with Crippen LogP contribution in [0.3, 0.4) is 0 Å². The van der Waals surface area contributed by atoms with Crippen molar-refractivity contribution in [2.75, 3.05) is 18.5 Å². The summed E-state index contributed by atoms with van der Waals surface area (Å²) in [5.41, 5.74) is 3.18. The predicted molar refractivity (Wildman–Crippen MR) is 107 cm³/mol. The molecule has 0 unspecified atom stereocenters. The Hall–Kier alpha value is -3.24. The van der Waals surface area contributed by atoms with Gasteiger partial charge in [0.05, 0.1) is 11.6 Å². The Morgan fingerprint density at radius 1 is 1.25 bits per heavy atom. The van der Waals surface area contributed by atoms with Crippen LogP contribution in [0.1, 0.15) is 24.0 Å². The molecule has 0 atom stereocenters. The summed E-state index contributed by atoms with van der Waals surface area (Å²) in [6.07, 6.45) is 3.55. The Balaban J connectivity index is 1.78. The lowest BCUT2D eigenvalue weighted by molar-refractivity contribution is 0.0903. The van der Waals surface area contributed by atoms with Gasteiger partial charge in [0.1, 0.15) is 5.65 Å². The highest BCUT2D eigenvalue weighted by Crippen LogP contribution is 2.25. The SMILES string of the molecule is Cc1ccc(C#N)cc1-c1cc2cnc(NC3CCOCC3)nc2n(C)c1=O. The second-order valence-electron chi connectivity index (χ2n) is 7.07. The summed E-state index contributed by atoms with van der Waals surface area (Å²) in [6, 6.07) is 9.57. The fraction of sp³-hybridized carbons (Fsp3) is 0.333. The first-order chi connectivity index (χ1) is 13.6. The molecule has 1 saturated heterocycles. The first-order valence-electron chi connectivity index (χ1n) is 9.29. The van der Waals surface area contributed by atoms with Gasteiger partial charge in [-0.05, 0) is 49.1 Å². The van der Waals surface area contributed by atoms with Gasteiger partial charge >= 0.3 is 0 Å². The lowest BCUT2D eigenvalue weighted by Crippen LogP contribution is -2.29. The van der Waals surface area contributed by atoms with Crippen molar-refractivity contribution in [3.63, 3.8) is 0 Å². The molecule has 1 fully saturated rings. The second-order valence-corrected chi connectivity index (χ2v) is 7.07. The zero-order valence-electron chi connectivity index (χ0n) is 15.9. The summed E-state index contributed by atoms with van der Waals surface area (Å²) in [5, 5.41) is 13.3. The molecule has 3 aromatic rings. The minimum Gasteiger partial charge on any atom is -0.381 e. The third kappa shape index (κ3) is 3.35. The molecular weight excluding hydrogens is 354 g/mol. The number of anilines is 1. The number of aromatic nitrogens is 3.